The smallest absolute Gasteiger partial charge is 0.231 e. The van der Waals surface area contributed by atoms with Crippen molar-refractivity contribution < 1.29 is 24.2 Å². The van der Waals surface area contributed by atoms with Crippen LogP contribution in [0.25, 0.3) is 0 Å². The predicted octanol–water partition coefficient (Wildman–Crippen LogP) is 2.42. The van der Waals surface area contributed by atoms with Gasteiger partial charge in [-0.3, -0.25) is 9.59 Å². The molecule has 1 atom stereocenters. The lowest BCUT2D eigenvalue weighted by Crippen LogP contribution is -2.28. The van der Waals surface area contributed by atoms with E-state index in [4.69, 9.17) is 9.47 Å². The fourth-order valence-electron chi connectivity index (χ4n) is 3.21. The van der Waals surface area contributed by atoms with Crippen LogP contribution in [0.5, 0.6) is 17.2 Å². The van der Waals surface area contributed by atoms with Crippen LogP contribution in [-0.4, -0.2) is 30.3 Å². The molecule has 0 radical (unpaired) electrons. The Morgan fingerprint density at radius 2 is 2.00 bits per heavy atom. The van der Waals surface area contributed by atoms with E-state index >= 15 is 0 Å². The van der Waals surface area contributed by atoms with Gasteiger partial charge in [-0.2, -0.15) is 0 Å². The highest BCUT2D eigenvalue weighted by Gasteiger charge is 2.35. The summed E-state index contributed by atoms with van der Waals surface area (Å²) in [4.78, 5) is 26.6. The molecule has 0 saturated carbocycles. The first-order chi connectivity index (χ1) is 12.5. The molecule has 4 rings (SSSR count). The Morgan fingerprint density at radius 1 is 1.19 bits per heavy atom. The summed E-state index contributed by atoms with van der Waals surface area (Å²) in [5.41, 5.74) is 2.08. The lowest BCUT2D eigenvalue weighted by molar-refractivity contribution is -0.122. The fourth-order valence-corrected chi connectivity index (χ4v) is 3.21. The van der Waals surface area contributed by atoms with Crippen molar-refractivity contribution in [1.82, 2.24) is 0 Å². The standard InChI is InChI=1S/C19H18N2O5/c1-11-6-14(22)3-4-15(11)20-19(24)12-7-18(23)21(9-12)13-2-5-16-17(8-13)26-10-25-16/h2-6,8,12,22H,7,9-10H2,1H3,(H,20,24). The van der Waals surface area contributed by atoms with Crippen LogP contribution in [0, 0.1) is 12.8 Å². The Bertz CT molecular complexity index is 895. The summed E-state index contributed by atoms with van der Waals surface area (Å²) in [6.07, 6.45) is 0.150. The molecule has 1 unspecified atom stereocenters. The number of aromatic hydroxyl groups is 1. The van der Waals surface area contributed by atoms with Crippen molar-refractivity contribution in [3.05, 3.63) is 42.0 Å². The zero-order chi connectivity index (χ0) is 18.3. The van der Waals surface area contributed by atoms with Gasteiger partial charge in [-0.15, -0.1) is 0 Å². The number of ether oxygens (including phenoxy) is 2. The molecule has 0 bridgehead atoms. The first-order valence-electron chi connectivity index (χ1n) is 8.32. The summed E-state index contributed by atoms with van der Waals surface area (Å²) in [5.74, 6) is 0.633. The number of hydrogen-bond donors (Lipinski definition) is 2. The predicted molar refractivity (Wildman–Crippen MR) is 94.5 cm³/mol. The SMILES string of the molecule is Cc1cc(O)ccc1NC(=O)C1CC(=O)N(c2ccc3c(c2)OCO3)C1. The third-order valence-corrected chi connectivity index (χ3v) is 4.63. The molecule has 2 aromatic carbocycles. The summed E-state index contributed by atoms with van der Waals surface area (Å²) in [6.45, 7) is 2.28. The van der Waals surface area contributed by atoms with Crippen LogP contribution in [0.2, 0.25) is 0 Å². The number of phenolic OH excluding ortho intramolecular Hbond substituents is 1. The number of carbonyl (C=O) groups is 2. The summed E-state index contributed by atoms with van der Waals surface area (Å²) >= 11 is 0. The molecule has 0 spiro atoms. The fraction of sp³-hybridized carbons (Fsp3) is 0.263. The van der Waals surface area contributed by atoms with E-state index in [2.05, 4.69) is 5.32 Å². The Balaban J connectivity index is 1.48. The van der Waals surface area contributed by atoms with Crippen LogP contribution in [0.1, 0.15) is 12.0 Å². The van der Waals surface area contributed by atoms with E-state index in [0.717, 1.165) is 5.56 Å². The van der Waals surface area contributed by atoms with Crippen LogP contribution in [0.3, 0.4) is 0 Å². The van der Waals surface area contributed by atoms with Crippen LogP contribution in [-0.2, 0) is 9.59 Å². The van der Waals surface area contributed by atoms with Crippen molar-refractivity contribution in [3.8, 4) is 17.2 Å². The minimum atomic E-state index is -0.443. The molecule has 2 amide bonds. The molecule has 2 heterocycles. The molecule has 0 aromatic heterocycles. The number of anilines is 2. The van der Waals surface area contributed by atoms with E-state index in [0.29, 0.717) is 29.4 Å². The highest BCUT2D eigenvalue weighted by molar-refractivity contribution is 6.03. The van der Waals surface area contributed by atoms with Crippen molar-refractivity contribution >= 4 is 23.2 Å². The Hall–Kier alpha value is -3.22. The van der Waals surface area contributed by atoms with Crippen LogP contribution < -0.4 is 19.7 Å². The van der Waals surface area contributed by atoms with Crippen molar-refractivity contribution in [2.75, 3.05) is 23.6 Å². The number of carbonyl (C=O) groups excluding carboxylic acids is 2. The molecule has 1 saturated heterocycles. The molecule has 26 heavy (non-hydrogen) atoms. The molecular weight excluding hydrogens is 336 g/mol. The zero-order valence-corrected chi connectivity index (χ0v) is 14.2. The first-order valence-corrected chi connectivity index (χ1v) is 8.32. The number of nitrogens with zero attached hydrogens (tertiary/aromatic N) is 1. The molecule has 134 valence electrons. The lowest BCUT2D eigenvalue weighted by Gasteiger charge is -2.17. The van der Waals surface area contributed by atoms with Crippen molar-refractivity contribution in [2.24, 2.45) is 5.92 Å². The van der Waals surface area contributed by atoms with Crippen LogP contribution >= 0.6 is 0 Å². The molecular formula is C19H18N2O5. The number of nitrogens with one attached hydrogen (secondary N) is 1. The first kappa shape index (κ1) is 16.3. The van der Waals surface area contributed by atoms with Gasteiger partial charge in [0.15, 0.2) is 11.5 Å². The van der Waals surface area contributed by atoms with Gasteiger partial charge in [-0.05, 0) is 42.8 Å². The summed E-state index contributed by atoms with van der Waals surface area (Å²) in [5, 5.41) is 12.3. The Morgan fingerprint density at radius 3 is 2.81 bits per heavy atom. The largest absolute Gasteiger partial charge is 0.508 e. The second-order valence-corrected chi connectivity index (χ2v) is 6.43. The average Bonchev–Trinajstić information content (AvgIpc) is 3.23. The molecule has 2 aromatic rings. The maximum Gasteiger partial charge on any atom is 0.231 e. The van der Waals surface area contributed by atoms with Gasteiger partial charge in [0.05, 0.1) is 5.92 Å². The van der Waals surface area contributed by atoms with E-state index in [1.165, 1.54) is 6.07 Å². The summed E-state index contributed by atoms with van der Waals surface area (Å²) in [6, 6.07) is 10.0. The number of phenols is 1. The number of amides is 2. The van der Waals surface area contributed by atoms with Crippen molar-refractivity contribution in [1.29, 1.82) is 0 Å². The normalized spacial score (nSPS) is 18.3. The minimum absolute atomic E-state index is 0.105. The Kier molecular flexibility index (Phi) is 3.91. The number of fused-ring (bicyclic) bond motifs is 1. The van der Waals surface area contributed by atoms with Crippen LogP contribution in [0.4, 0.5) is 11.4 Å². The van der Waals surface area contributed by atoms with Crippen molar-refractivity contribution in [2.45, 2.75) is 13.3 Å². The monoisotopic (exact) mass is 354 g/mol. The molecule has 7 nitrogen and oxygen atoms in total. The van der Waals surface area contributed by atoms with Gasteiger partial charge in [0, 0.05) is 30.4 Å². The Labute approximate surface area is 150 Å². The second kappa shape index (κ2) is 6.25. The molecule has 0 aliphatic carbocycles. The molecule has 7 heteroatoms. The van der Waals surface area contributed by atoms with Gasteiger partial charge in [-0.1, -0.05) is 0 Å². The van der Waals surface area contributed by atoms with Crippen LogP contribution in [0.15, 0.2) is 36.4 Å². The van der Waals surface area contributed by atoms with Gasteiger partial charge >= 0.3 is 0 Å². The van der Waals surface area contributed by atoms with E-state index in [1.54, 1.807) is 42.2 Å². The average molecular weight is 354 g/mol. The van der Waals surface area contributed by atoms with E-state index in [1.807, 2.05) is 0 Å². The highest BCUT2D eigenvalue weighted by atomic mass is 16.7. The molecule has 2 aliphatic heterocycles. The minimum Gasteiger partial charge on any atom is -0.508 e. The number of benzene rings is 2. The van der Waals surface area contributed by atoms with Gasteiger partial charge < -0.3 is 24.8 Å². The van der Waals surface area contributed by atoms with Gasteiger partial charge in [-0.25, -0.2) is 0 Å². The van der Waals surface area contributed by atoms with E-state index < -0.39 is 5.92 Å². The maximum absolute atomic E-state index is 12.6. The summed E-state index contributed by atoms with van der Waals surface area (Å²) < 4.78 is 10.6. The third-order valence-electron chi connectivity index (χ3n) is 4.63. The molecule has 1 fully saturated rings. The zero-order valence-electron chi connectivity index (χ0n) is 14.2. The highest BCUT2D eigenvalue weighted by Crippen LogP contribution is 2.37. The number of aryl methyl sites for hydroxylation is 1. The van der Waals surface area contributed by atoms with Crippen molar-refractivity contribution in [3.63, 3.8) is 0 Å². The second-order valence-electron chi connectivity index (χ2n) is 6.43. The van der Waals surface area contributed by atoms with E-state index in [-0.39, 0.29) is 30.8 Å². The molecule has 2 N–H and O–H groups in total. The number of hydrogen-bond acceptors (Lipinski definition) is 5. The topological polar surface area (TPSA) is 88.1 Å². The quantitative estimate of drug-likeness (QED) is 0.827. The molecule has 2 aliphatic rings. The lowest BCUT2D eigenvalue weighted by atomic mass is 10.1. The number of rotatable bonds is 3. The van der Waals surface area contributed by atoms with Gasteiger partial charge in [0.2, 0.25) is 18.6 Å². The maximum atomic E-state index is 12.6. The van der Waals surface area contributed by atoms with Gasteiger partial charge in [0.25, 0.3) is 0 Å². The van der Waals surface area contributed by atoms with E-state index in [9.17, 15) is 14.7 Å². The van der Waals surface area contributed by atoms with Gasteiger partial charge in [0.1, 0.15) is 5.75 Å². The summed E-state index contributed by atoms with van der Waals surface area (Å²) in [7, 11) is 0. The third kappa shape index (κ3) is 2.92.